The number of aryl methyl sites for hydroxylation is 2. The average molecular weight is 412 g/mol. The highest BCUT2D eigenvalue weighted by molar-refractivity contribution is 6.07. The van der Waals surface area contributed by atoms with E-state index in [1.54, 1.807) is 6.07 Å². The van der Waals surface area contributed by atoms with Crippen LogP contribution in [0.3, 0.4) is 0 Å². The Balaban J connectivity index is 1.82. The molecule has 0 saturated heterocycles. The van der Waals surface area contributed by atoms with E-state index in [0.717, 1.165) is 22.0 Å². The van der Waals surface area contributed by atoms with Crippen molar-refractivity contribution < 1.29 is 9.72 Å². The molecule has 2 aromatic carbocycles. The summed E-state index contributed by atoms with van der Waals surface area (Å²) in [6.07, 6.45) is 1.31. The summed E-state index contributed by atoms with van der Waals surface area (Å²) >= 11 is 0. The van der Waals surface area contributed by atoms with Crippen LogP contribution in [0.1, 0.15) is 27.0 Å². The minimum Gasteiger partial charge on any atom is -0.305 e. The summed E-state index contributed by atoms with van der Waals surface area (Å²) in [7, 11) is 0. The lowest BCUT2D eigenvalue weighted by Crippen LogP contribution is -2.17. The number of amides is 1. The molecule has 0 radical (unpaired) electrons. The van der Waals surface area contributed by atoms with Crippen LogP contribution in [0.15, 0.2) is 54.7 Å². The smallest absolute Gasteiger partial charge is 0.282 e. The minimum absolute atomic E-state index is 0.0884. The number of hydrogen-bond acceptors (Lipinski definition) is 6. The van der Waals surface area contributed by atoms with Crippen LogP contribution < -0.4 is 5.32 Å². The van der Waals surface area contributed by atoms with Gasteiger partial charge in [-0.05, 0) is 37.1 Å². The van der Waals surface area contributed by atoms with Gasteiger partial charge in [0.25, 0.3) is 11.6 Å². The minimum atomic E-state index is -0.723. The van der Waals surface area contributed by atoms with E-state index in [9.17, 15) is 20.2 Å². The number of nitriles is 1. The van der Waals surface area contributed by atoms with E-state index in [-0.39, 0.29) is 22.6 Å². The maximum absolute atomic E-state index is 12.8. The van der Waals surface area contributed by atoms with Crippen molar-refractivity contribution in [2.45, 2.75) is 13.8 Å². The maximum Gasteiger partial charge on any atom is 0.282 e. The summed E-state index contributed by atoms with van der Waals surface area (Å²) in [6.45, 7) is 3.88. The number of hydrogen-bond donors (Lipinski definition) is 1. The zero-order valence-electron chi connectivity index (χ0n) is 16.7. The molecule has 1 amide bonds. The van der Waals surface area contributed by atoms with Gasteiger partial charge < -0.3 is 5.32 Å². The highest BCUT2D eigenvalue weighted by Crippen LogP contribution is 2.26. The molecule has 9 nitrogen and oxygen atoms in total. The van der Waals surface area contributed by atoms with Crippen molar-refractivity contribution in [3.8, 4) is 11.9 Å². The standard InChI is InChI=1S/C22H16N6O3/c1-13-6-5-8-16-14(2)10-19(25-20(13)16)27-21(15(11-23)12-24-27)26-22(29)17-7-3-4-9-18(17)28(30)31/h3-10,12H,1-2H3,(H,26,29). The van der Waals surface area contributed by atoms with Gasteiger partial charge in [0.1, 0.15) is 17.2 Å². The second-order valence-electron chi connectivity index (χ2n) is 6.93. The average Bonchev–Trinajstić information content (AvgIpc) is 3.16. The molecule has 152 valence electrons. The zero-order chi connectivity index (χ0) is 22.1. The molecular weight excluding hydrogens is 396 g/mol. The molecule has 0 aliphatic carbocycles. The molecule has 0 fully saturated rings. The Morgan fingerprint density at radius 3 is 2.68 bits per heavy atom. The Kier molecular flexibility index (Phi) is 4.89. The van der Waals surface area contributed by atoms with E-state index in [0.29, 0.717) is 5.82 Å². The Morgan fingerprint density at radius 2 is 1.94 bits per heavy atom. The number of fused-ring (bicyclic) bond motifs is 1. The van der Waals surface area contributed by atoms with Gasteiger partial charge in [-0.2, -0.15) is 15.0 Å². The SMILES string of the molecule is Cc1cc(-n2ncc(C#N)c2NC(=O)c2ccccc2[N+](=O)[O-])nc2c(C)cccc12. The molecule has 2 heterocycles. The van der Waals surface area contributed by atoms with Crippen LogP contribution in [0.25, 0.3) is 16.7 Å². The lowest BCUT2D eigenvalue weighted by molar-refractivity contribution is -0.385. The summed E-state index contributed by atoms with van der Waals surface area (Å²) in [5, 5.41) is 28.6. The van der Waals surface area contributed by atoms with E-state index < -0.39 is 10.8 Å². The van der Waals surface area contributed by atoms with Crippen molar-refractivity contribution in [2.24, 2.45) is 0 Å². The van der Waals surface area contributed by atoms with Crippen LogP contribution >= 0.6 is 0 Å². The molecule has 0 spiro atoms. The lowest BCUT2D eigenvalue weighted by atomic mass is 10.1. The van der Waals surface area contributed by atoms with E-state index >= 15 is 0 Å². The molecule has 0 bridgehead atoms. The molecule has 0 atom stereocenters. The molecule has 1 N–H and O–H groups in total. The van der Waals surface area contributed by atoms with Crippen LogP contribution in [0.2, 0.25) is 0 Å². The number of nitro groups is 1. The van der Waals surface area contributed by atoms with Gasteiger partial charge in [0.15, 0.2) is 11.6 Å². The van der Waals surface area contributed by atoms with Crippen molar-refractivity contribution >= 4 is 28.3 Å². The predicted molar refractivity (Wildman–Crippen MR) is 114 cm³/mol. The van der Waals surface area contributed by atoms with Gasteiger partial charge in [-0.15, -0.1) is 0 Å². The van der Waals surface area contributed by atoms with Gasteiger partial charge >= 0.3 is 0 Å². The van der Waals surface area contributed by atoms with Gasteiger partial charge in [-0.1, -0.05) is 30.3 Å². The number of rotatable bonds is 4. The van der Waals surface area contributed by atoms with E-state index in [2.05, 4.69) is 15.4 Å². The summed E-state index contributed by atoms with van der Waals surface area (Å²) in [6, 6.07) is 15.2. The van der Waals surface area contributed by atoms with Crippen LogP contribution in [-0.2, 0) is 0 Å². The maximum atomic E-state index is 12.8. The number of nitrogens with zero attached hydrogens (tertiary/aromatic N) is 5. The first kappa shape index (κ1) is 19.7. The van der Waals surface area contributed by atoms with Crippen LogP contribution in [-0.4, -0.2) is 25.6 Å². The van der Waals surface area contributed by atoms with E-state index in [4.69, 9.17) is 0 Å². The first-order valence-corrected chi connectivity index (χ1v) is 9.31. The molecule has 4 rings (SSSR count). The summed E-state index contributed by atoms with van der Waals surface area (Å²) < 4.78 is 1.35. The summed E-state index contributed by atoms with van der Waals surface area (Å²) in [4.78, 5) is 28.2. The fourth-order valence-electron chi connectivity index (χ4n) is 3.38. The van der Waals surface area contributed by atoms with Crippen LogP contribution in [0.5, 0.6) is 0 Å². The first-order valence-electron chi connectivity index (χ1n) is 9.31. The Bertz CT molecular complexity index is 1400. The van der Waals surface area contributed by atoms with Gasteiger partial charge in [-0.3, -0.25) is 14.9 Å². The van der Waals surface area contributed by atoms with Gasteiger partial charge in [0.2, 0.25) is 0 Å². The van der Waals surface area contributed by atoms with E-state index in [1.807, 2.05) is 38.1 Å². The number of aromatic nitrogens is 3. The fourth-order valence-corrected chi connectivity index (χ4v) is 3.38. The second-order valence-corrected chi connectivity index (χ2v) is 6.93. The third-order valence-corrected chi connectivity index (χ3v) is 4.92. The molecule has 0 saturated carbocycles. The highest BCUT2D eigenvalue weighted by Gasteiger charge is 2.23. The summed E-state index contributed by atoms with van der Waals surface area (Å²) in [5.41, 5.74) is 2.36. The van der Waals surface area contributed by atoms with Gasteiger partial charge in [0.05, 0.1) is 16.6 Å². The number of carbonyl (C=O) groups excluding carboxylic acids is 1. The zero-order valence-corrected chi connectivity index (χ0v) is 16.7. The molecule has 2 aromatic heterocycles. The second kappa shape index (κ2) is 7.68. The van der Waals surface area contributed by atoms with Crippen molar-refractivity contribution in [3.63, 3.8) is 0 Å². The summed E-state index contributed by atoms with van der Waals surface area (Å²) in [5.74, 6) is -0.219. The number of anilines is 1. The monoisotopic (exact) mass is 412 g/mol. The Labute approximate surface area is 176 Å². The van der Waals surface area contributed by atoms with Crippen molar-refractivity contribution in [1.82, 2.24) is 14.8 Å². The largest absolute Gasteiger partial charge is 0.305 e. The van der Waals surface area contributed by atoms with Gasteiger partial charge in [0, 0.05) is 11.5 Å². The lowest BCUT2D eigenvalue weighted by Gasteiger charge is -2.12. The highest BCUT2D eigenvalue weighted by atomic mass is 16.6. The number of benzene rings is 2. The normalized spacial score (nSPS) is 10.6. The molecule has 31 heavy (non-hydrogen) atoms. The first-order chi connectivity index (χ1) is 14.9. The molecular formula is C22H16N6O3. The molecule has 4 aromatic rings. The third-order valence-electron chi connectivity index (χ3n) is 4.92. The number of carbonyl (C=O) groups is 1. The van der Waals surface area contributed by atoms with Crippen molar-refractivity contribution in [2.75, 3.05) is 5.32 Å². The molecule has 9 heteroatoms. The number of pyridine rings is 1. The topological polar surface area (TPSA) is 127 Å². The third kappa shape index (κ3) is 3.47. The molecule has 0 unspecified atom stereocenters. The van der Waals surface area contributed by atoms with Crippen LogP contribution in [0.4, 0.5) is 11.5 Å². The van der Waals surface area contributed by atoms with E-state index in [1.165, 1.54) is 35.1 Å². The van der Waals surface area contributed by atoms with Crippen molar-refractivity contribution in [1.29, 1.82) is 5.26 Å². The Hall–Kier alpha value is -4.58. The number of para-hydroxylation sites is 2. The van der Waals surface area contributed by atoms with Crippen molar-refractivity contribution in [3.05, 3.63) is 87.1 Å². The Morgan fingerprint density at radius 1 is 1.16 bits per heavy atom. The van der Waals surface area contributed by atoms with Crippen LogP contribution in [0, 0.1) is 35.3 Å². The quantitative estimate of drug-likeness (QED) is 0.398. The predicted octanol–water partition coefficient (Wildman–Crippen LogP) is 4.07. The molecule has 0 aliphatic heterocycles. The number of nitrogens with one attached hydrogen (secondary N) is 1. The molecule has 0 aliphatic rings. The van der Waals surface area contributed by atoms with Gasteiger partial charge in [-0.25, -0.2) is 4.98 Å². The fraction of sp³-hybridized carbons (Fsp3) is 0.0909. The number of nitro benzene ring substituents is 1.